The van der Waals surface area contributed by atoms with Gasteiger partial charge in [-0.3, -0.25) is 0 Å². The number of hydrogen-bond acceptors (Lipinski definition) is 7. The molecular weight excluding hydrogens is 468 g/mol. The van der Waals surface area contributed by atoms with E-state index in [0.29, 0.717) is 6.54 Å². The topological polar surface area (TPSA) is 85.8 Å². The standard InChI is InChI=1S/C29H36N4O4/c1-22(36-28-7-3-5-19-35-28)29-30-14-18-33(29)21-25-20-27(37-31-25)24-10-8-23(9-11-24)6-2-4-15-32-16-12-26(34)13-17-32/h8-11,14,18,20,22,26,28,34H,3-5,7,12-13,15-17,19,21H2,1H3/t22-,28?/m0/s1. The first kappa shape index (κ1) is 25.7. The van der Waals surface area contributed by atoms with E-state index in [4.69, 9.17) is 14.0 Å². The van der Waals surface area contributed by atoms with E-state index in [1.807, 2.05) is 48.0 Å². The van der Waals surface area contributed by atoms with Crippen molar-refractivity contribution >= 4 is 0 Å². The SMILES string of the molecule is C[C@H](OC1CCCCO1)c1nccn1Cc1cc(-c2ccc(C#CCCN3CCC(O)CC3)cc2)on1. The number of aliphatic hydroxyl groups is 1. The lowest BCUT2D eigenvalue weighted by molar-refractivity contribution is -0.188. The second-order valence-corrected chi connectivity index (χ2v) is 9.87. The van der Waals surface area contributed by atoms with Crippen molar-refractivity contribution < 1.29 is 19.1 Å². The van der Waals surface area contributed by atoms with Gasteiger partial charge in [0, 0.05) is 62.2 Å². The van der Waals surface area contributed by atoms with Crippen molar-refractivity contribution in [2.45, 2.75) is 70.5 Å². The molecule has 5 rings (SSSR count). The highest BCUT2D eigenvalue weighted by Crippen LogP contribution is 2.25. The molecule has 2 atom stereocenters. The van der Waals surface area contributed by atoms with Gasteiger partial charge in [0.1, 0.15) is 17.6 Å². The number of rotatable bonds is 8. The molecule has 37 heavy (non-hydrogen) atoms. The molecule has 8 heteroatoms. The van der Waals surface area contributed by atoms with Crippen LogP contribution in [0.4, 0.5) is 0 Å². The number of aromatic nitrogens is 3. The van der Waals surface area contributed by atoms with Crippen LogP contribution in [0.2, 0.25) is 0 Å². The van der Waals surface area contributed by atoms with Crippen molar-refractivity contribution in [1.29, 1.82) is 0 Å². The highest BCUT2D eigenvalue weighted by Gasteiger charge is 2.21. The van der Waals surface area contributed by atoms with Crippen LogP contribution in [-0.2, 0) is 16.0 Å². The number of piperidine rings is 1. The number of ether oxygens (including phenoxy) is 2. The number of likely N-dealkylation sites (tertiary alicyclic amines) is 1. The van der Waals surface area contributed by atoms with Crippen molar-refractivity contribution in [2.75, 3.05) is 26.2 Å². The van der Waals surface area contributed by atoms with Gasteiger partial charge in [-0.1, -0.05) is 17.0 Å². The van der Waals surface area contributed by atoms with Crippen molar-refractivity contribution in [2.24, 2.45) is 0 Å². The van der Waals surface area contributed by atoms with Crippen LogP contribution >= 0.6 is 0 Å². The van der Waals surface area contributed by atoms with Gasteiger partial charge in [-0.15, -0.1) is 0 Å². The Morgan fingerprint density at radius 2 is 2.00 bits per heavy atom. The van der Waals surface area contributed by atoms with Crippen LogP contribution in [-0.4, -0.2) is 63.3 Å². The quantitative estimate of drug-likeness (QED) is 0.456. The third-order valence-corrected chi connectivity index (χ3v) is 7.01. The maximum Gasteiger partial charge on any atom is 0.167 e. The first-order valence-corrected chi connectivity index (χ1v) is 13.4. The number of benzene rings is 1. The fourth-order valence-electron chi connectivity index (χ4n) is 4.86. The number of hydrogen-bond donors (Lipinski definition) is 1. The van der Waals surface area contributed by atoms with Gasteiger partial charge in [-0.25, -0.2) is 4.98 Å². The second-order valence-electron chi connectivity index (χ2n) is 9.87. The smallest absolute Gasteiger partial charge is 0.167 e. The lowest BCUT2D eigenvalue weighted by Gasteiger charge is -2.28. The summed E-state index contributed by atoms with van der Waals surface area (Å²) in [7, 11) is 0. The van der Waals surface area contributed by atoms with Crippen LogP contribution in [0.25, 0.3) is 11.3 Å². The maximum absolute atomic E-state index is 9.61. The molecule has 2 saturated heterocycles. The Morgan fingerprint density at radius 3 is 2.78 bits per heavy atom. The van der Waals surface area contributed by atoms with Crippen LogP contribution in [0.5, 0.6) is 0 Å². The molecule has 2 aliphatic heterocycles. The Kier molecular flexibility index (Phi) is 8.69. The molecule has 0 radical (unpaired) electrons. The van der Waals surface area contributed by atoms with E-state index in [9.17, 15) is 5.11 Å². The molecule has 2 fully saturated rings. The van der Waals surface area contributed by atoms with E-state index in [-0.39, 0.29) is 18.5 Å². The highest BCUT2D eigenvalue weighted by molar-refractivity contribution is 5.59. The summed E-state index contributed by atoms with van der Waals surface area (Å²) in [6.07, 6.45) is 8.97. The van der Waals surface area contributed by atoms with Crippen LogP contribution in [0.15, 0.2) is 47.2 Å². The van der Waals surface area contributed by atoms with Gasteiger partial charge in [0.15, 0.2) is 12.1 Å². The number of aliphatic hydroxyl groups excluding tert-OH is 1. The van der Waals surface area contributed by atoms with E-state index in [0.717, 1.165) is 93.2 Å². The van der Waals surface area contributed by atoms with Gasteiger partial charge >= 0.3 is 0 Å². The first-order valence-electron chi connectivity index (χ1n) is 13.4. The molecule has 1 N–H and O–H groups in total. The third kappa shape index (κ3) is 7.08. The molecule has 196 valence electrons. The second kappa shape index (κ2) is 12.5. The lowest BCUT2D eigenvalue weighted by Crippen LogP contribution is -2.36. The van der Waals surface area contributed by atoms with Gasteiger partial charge in [-0.05, 0) is 63.3 Å². The zero-order valence-electron chi connectivity index (χ0n) is 21.5. The fourth-order valence-corrected chi connectivity index (χ4v) is 4.86. The van der Waals surface area contributed by atoms with Crippen molar-refractivity contribution in [3.63, 3.8) is 0 Å². The van der Waals surface area contributed by atoms with Crippen LogP contribution < -0.4 is 0 Å². The van der Waals surface area contributed by atoms with E-state index in [1.165, 1.54) is 0 Å². The highest BCUT2D eigenvalue weighted by atomic mass is 16.7. The Labute approximate surface area is 218 Å². The van der Waals surface area contributed by atoms with E-state index in [1.54, 1.807) is 6.20 Å². The molecule has 3 aromatic rings. The number of nitrogens with zero attached hydrogens (tertiary/aromatic N) is 4. The zero-order valence-corrected chi connectivity index (χ0v) is 21.5. The molecule has 2 aliphatic rings. The summed E-state index contributed by atoms with van der Waals surface area (Å²) in [5, 5.41) is 13.9. The van der Waals surface area contributed by atoms with Crippen molar-refractivity contribution in [1.82, 2.24) is 19.6 Å². The van der Waals surface area contributed by atoms with Gasteiger partial charge < -0.3 is 28.6 Å². The Balaban J connectivity index is 1.14. The van der Waals surface area contributed by atoms with Crippen molar-refractivity contribution in [3.8, 4) is 23.2 Å². The molecule has 2 aromatic heterocycles. The minimum atomic E-state index is -0.175. The largest absolute Gasteiger partial charge is 0.393 e. The summed E-state index contributed by atoms with van der Waals surface area (Å²) in [5.74, 6) is 8.09. The molecule has 0 amide bonds. The molecule has 0 saturated carbocycles. The van der Waals surface area contributed by atoms with E-state index < -0.39 is 0 Å². The summed E-state index contributed by atoms with van der Waals surface area (Å²) in [6.45, 7) is 6.19. The molecular formula is C29H36N4O4. The lowest BCUT2D eigenvalue weighted by atomic mass is 10.1. The molecule has 0 bridgehead atoms. The summed E-state index contributed by atoms with van der Waals surface area (Å²) in [4.78, 5) is 6.88. The van der Waals surface area contributed by atoms with E-state index >= 15 is 0 Å². The summed E-state index contributed by atoms with van der Waals surface area (Å²) in [6, 6.07) is 10.0. The van der Waals surface area contributed by atoms with Gasteiger partial charge in [0.25, 0.3) is 0 Å². The third-order valence-electron chi connectivity index (χ3n) is 7.01. The monoisotopic (exact) mass is 504 g/mol. The molecule has 4 heterocycles. The predicted octanol–water partition coefficient (Wildman–Crippen LogP) is 4.39. The summed E-state index contributed by atoms with van der Waals surface area (Å²) in [5.41, 5.74) is 2.77. The predicted molar refractivity (Wildman–Crippen MR) is 140 cm³/mol. The fraction of sp³-hybridized carbons (Fsp3) is 0.517. The van der Waals surface area contributed by atoms with E-state index in [2.05, 4.69) is 26.9 Å². The average Bonchev–Trinajstić information content (AvgIpc) is 3.59. The van der Waals surface area contributed by atoms with Gasteiger partial charge in [-0.2, -0.15) is 0 Å². The van der Waals surface area contributed by atoms with Crippen LogP contribution in [0.1, 0.15) is 68.6 Å². The van der Waals surface area contributed by atoms with Crippen LogP contribution in [0.3, 0.4) is 0 Å². The van der Waals surface area contributed by atoms with Crippen molar-refractivity contribution in [3.05, 3.63) is 59.8 Å². The Morgan fingerprint density at radius 1 is 1.16 bits per heavy atom. The molecule has 0 aliphatic carbocycles. The molecule has 8 nitrogen and oxygen atoms in total. The molecule has 1 aromatic carbocycles. The zero-order chi connectivity index (χ0) is 25.5. The normalized spacial score (nSPS) is 19.9. The van der Waals surface area contributed by atoms with Crippen LogP contribution in [0, 0.1) is 11.8 Å². The molecule has 1 unspecified atom stereocenters. The average molecular weight is 505 g/mol. The first-order chi connectivity index (χ1) is 18.1. The summed E-state index contributed by atoms with van der Waals surface area (Å²) >= 11 is 0. The minimum absolute atomic E-state index is 0.130. The van der Waals surface area contributed by atoms with Gasteiger partial charge in [0.05, 0.1) is 12.6 Å². The Bertz CT molecular complexity index is 1180. The summed E-state index contributed by atoms with van der Waals surface area (Å²) < 4.78 is 19.5. The minimum Gasteiger partial charge on any atom is -0.393 e. The van der Waals surface area contributed by atoms with Gasteiger partial charge in [0.2, 0.25) is 0 Å². The Hall–Kier alpha value is -2.96. The maximum atomic E-state index is 9.61. The molecule has 0 spiro atoms. The number of imidazole rings is 1.